The van der Waals surface area contributed by atoms with Crippen LogP contribution in [0.15, 0.2) is 30.3 Å². The van der Waals surface area contributed by atoms with Gasteiger partial charge < -0.3 is 14.8 Å². The van der Waals surface area contributed by atoms with Crippen LogP contribution in [-0.2, 0) is 16.2 Å². The summed E-state index contributed by atoms with van der Waals surface area (Å²) in [4.78, 5) is 29.5. The first kappa shape index (κ1) is 30.0. The van der Waals surface area contributed by atoms with Crippen molar-refractivity contribution in [1.29, 1.82) is 0 Å². The summed E-state index contributed by atoms with van der Waals surface area (Å²) in [5.41, 5.74) is -0.139. The molecule has 0 aliphatic heterocycles. The molecule has 1 fully saturated rings. The van der Waals surface area contributed by atoms with Gasteiger partial charge in [-0.25, -0.2) is 13.8 Å². The summed E-state index contributed by atoms with van der Waals surface area (Å²) in [5, 5.41) is 3.74. The summed E-state index contributed by atoms with van der Waals surface area (Å²) in [7, 11) is 4.48. The molecule has 1 saturated carbocycles. The van der Waals surface area contributed by atoms with Crippen LogP contribution in [0, 0.1) is 29.3 Å². The molecule has 2 aromatic carbocycles. The molecule has 0 aromatic heterocycles. The number of benzene rings is 2. The van der Waals surface area contributed by atoms with Crippen LogP contribution in [0.5, 0.6) is 11.5 Å². The smallest absolute Gasteiger partial charge is 0.254 e. The fraction of sp³-hybridized carbons (Fsp3) is 0.481. The topological polar surface area (TPSA) is 77.1 Å². The van der Waals surface area contributed by atoms with Gasteiger partial charge in [0.05, 0.1) is 19.8 Å². The largest absolute Gasteiger partial charge is 0.497 e. The van der Waals surface area contributed by atoms with Gasteiger partial charge in [0.25, 0.3) is 5.91 Å². The number of nitrogens with zero attached hydrogens (tertiary/aromatic N) is 1. The van der Waals surface area contributed by atoms with E-state index in [9.17, 15) is 22.8 Å². The predicted octanol–water partition coefficient (Wildman–Crippen LogP) is 5.27. The monoisotopic (exact) mass is 524 g/mol. The molecule has 0 bridgehead atoms. The molecule has 1 aliphatic rings. The van der Waals surface area contributed by atoms with E-state index in [4.69, 9.17) is 14.3 Å². The number of nitrogens with one attached hydrogen (secondary N) is 1. The van der Waals surface area contributed by atoms with Crippen LogP contribution in [-0.4, -0.2) is 44.7 Å². The van der Waals surface area contributed by atoms with Gasteiger partial charge in [-0.1, -0.05) is 26.0 Å². The van der Waals surface area contributed by atoms with Crippen molar-refractivity contribution in [3.05, 3.63) is 58.9 Å². The molecule has 0 radical (unpaired) electrons. The van der Waals surface area contributed by atoms with E-state index in [1.165, 1.54) is 19.3 Å². The van der Waals surface area contributed by atoms with Gasteiger partial charge in [0.15, 0.2) is 17.4 Å². The Labute approximate surface area is 215 Å². The van der Waals surface area contributed by atoms with Gasteiger partial charge in [0.1, 0.15) is 12.4 Å². The Morgan fingerprint density at radius 3 is 2.19 bits per heavy atom. The number of rotatable bonds is 9. The summed E-state index contributed by atoms with van der Waals surface area (Å²) < 4.78 is 53.8. The Morgan fingerprint density at radius 1 is 1.00 bits per heavy atom. The second-order valence-corrected chi connectivity index (χ2v) is 8.45. The van der Waals surface area contributed by atoms with Crippen molar-refractivity contribution in [2.24, 2.45) is 11.8 Å². The zero-order valence-electron chi connectivity index (χ0n) is 21.9. The number of methoxy groups -OCH3 is 1. The molecule has 37 heavy (non-hydrogen) atoms. The lowest BCUT2D eigenvalue weighted by atomic mass is 9.81. The molecule has 0 atom stereocenters. The highest BCUT2D eigenvalue weighted by atomic mass is 19.2. The normalized spacial score (nSPS) is 16.8. The predicted molar refractivity (Wildman–Crippen MR) is 133 cm³/mol. The van der Waals surface area contributed by atoms with Crippen molar-refractivity contribution in [2.45, 2.75) is 46.1 Å². The van der Waals surface area contributed by atoms with Crippen molar-refractivity contribution in [1.82, 2.24) is 10.4 Å². The minimum atomic E-state index is -1.56. The van der Waals surface area contributed by atoms with Crippen LogP contribution in [0.3, 0.4) is 0 Å². The highest BCUT2D eigenvalue weighted by molar-refractivity contribution is 5.94. The van der Waals surface area contributed by atoms with E-state index in [1.54, 1.807) is 31.3 Å². The van der Waals surface area contributed by atoms with Crippen molar-refractivity contribution in [2.75, 3.05) is 27.8 Å². The van der Waals surface area contributed by atoms with E-state index in [1.807, 2.05) is 13.8 Å². The zero-order chi connectivity index (χ0) is 27.5. The fourth-order valence-corrected chi connectivity index (χ4v) is 4.05. The molecule has 10 heteroatoms. The number of amides is 2. The molecule has 204 valence electrons. The third kappa shape index (κ3) is 7.85. The molecule has 0 spiro atoms. The lowest BCUT2D eigenvalue weighted by Gasteiger charge is -2.29. The molecule has 2 amide bonds. The van der Waals surface area contributed by atoms with Crippen LogP contribution in [0.25, 0.3) is 0 Å². The molecular formula is C27H35F3N2O5. The average Bonchev–Trinajstić information content (AvgIpc) is 2.94. The summed E-state index contributed by atoms with van der Waals surface area (Å²) in [6.45, 7) is 4.01. The maximum atomic E-state index is 14.6. The third-order valence-electron chi connectivity index (χ3n) is 6.23. The van der Waals surface area contributed by atoms with Crippen LogP contribution >= 0.6 is 0 Å². The highest BCUT2D eigenvalue weighted by Gasteiger charge is 2.29. The number of carbonyl (C=O) groups excluding carboxylic acids is 2. The second kappa shape index (κ2) is 14.5. The van der Waals surface area contributed by atoms with Crippen LogP contribution < -0.4 is 14.8 Å². The number of hydrogen-bond acceptors (Lipinski definition) is 5. The van der Waals surface area contributed by atoms with Crippen molar-refractivity contribution in [3.63, 3.8) is 0 Å². The van der Waals surface area contributed by atoms with Gasteiger partial charge in [-0.2, -0.15) is 4.39 Å². The lowest BCUT2D eigenvalue weighted by molar-refractivity contribution is -0.174. The molecule has 1 aliphatic carbocycles. The van der Waals surface area contributed by atoms with Crippen LogP contribution in [0.2, 0.25) is 0 Å². The zero-order valence-corrected chi connectivity index (χ0v) is 21.9. The first-order chi connectivity index (χ1) is 17.7. The summed E-state index contributed by atoms with van der Waals surface area (Å²) >= 11 is 0. The van der Waals surface area contributed by atoms with E-state index >= 15 is 0 Å². The number of hydrogen-bond donors (Lipinski definition) is 1. The molecule has 0 saturated heterocycles. The molecule has 0 heterocycles. The van der Waals surface area contributed by atoms with Gasteiger partial charge in [-0.15, -0.1) is 0 Å². The number of ether oxygens (including phenoxy) is 2. The first-order valence-electron chi connectivity index (χ1n) is 12.3. The quantitative estimate of drug-likeness (QED) is 0.357. The number of carbonyl (C=O) groups is 2. The van der Waals surface area contributed by atoms with Crippen molar-refractivity contribution in [3.8, 4) is 11.5 Å². The molecule has 7 nitrogen and oxygen atoms in total. The number of halogens is 3. The van der Waals surface area contributed by atoms with Gasteiger partial charge in [0, 0.05) is 19.5 Å². The summed E-state index contributed by atoms with van der Waals surface area (Å²) in [6, 6.07) is 7.23. The summed E-state index contributed by atoms with van der Waals surface area (Å²) in [5.74, 6) is -5.61. The first-order valence-corrected chi connectivity index (χ1v) is 12.3. The minimum Gasteiger partial charge on any atom is -0.497 e. The Bertz CT molecular complexity index is 1040. The highest BCUT2D eigenvalue weighted by Crippen LogP contribution is 2.30. The maximum absolute atomic E-state index is 14.6. The Kier molecular flexibility index (Phi) is 11.7. The Morgan fingerprint density at radius 2 is 1.62 bits per heavy atom. The molecule has 0 unspecified atom stereocenters. The maximum Gasteiger partial charge on any atom is 0.254 e. The fourth-order valence-electron chi connectivity index (χ4n) is 4.05. The van der Waals surface area contributed by atoms with Gasteiger partial charge in [-0.05, 0) is 55.4 Å². The van der Waals surface area contributed by atoms with E-state index < -0.39 is 34.7 Å². The van der Waals surface area contributed by atoms with Gasteiger partial charge >= 0.3 is 0 Å². The third-order valence-corrected chi connectivity index (χ3v) is 6.23. The molecule has 3 rings (SSSR count). The summed E-state index contributed by atoms with van der Waals surface area (Å²) in [6.07, 6.45) is 2.62. The van der Waals surface area contributed by atoms with E-state index in [-0.39, 0.29) is 30.9 Å². The van der Waals surface area contributed by atoms with Crippen LogP contribution in [0.1, 0.15) is 55.5 Å². The van der Waals surface area contributed by atoms with Gasteiger partial charge in [-0.3, -0.25) is 14.4 Å². The van der Waals surface area contributed by atoms with Crippen molar-refractivity contribution < 1.29 is 37.1 Å². The van der Waals surface area contributed by atoms with E-state index in [0.717, 1.165) is 0 Å². The van der Waals surface area contributed by atoms with Crippen LogP contribution in [0.4, 0.5) is 13.2 Å². The Balaban J connectivity index is 0.00000235. The Hall–Kier alpha value is -3.27. The molecule has 1 N–H and O–H groups in total. The minimum absolute atomic E-state index is 0.0701. The molecular weight excluding hydrogens is 489 g/mol. The molecule has 2 aromatic rings. The van der Waals surface area contributed by atoms with E-state index in [2.05, 4.69) is 5.32 Å². The standard InChI is InChI=1S/C25H29F3N2O5.C2H6/c1-30(34-3)25(32)17-8-4-15(5-9-17)13-29-24(31)19-12-20(26)23(22(28)21(19)27)35-14-16-6-10-18(33-2)11-7-16;1-2/h6-7,10-12,15,17H,4-5,8-9,13-14H2,1-3H3,(H,29,31);1-2H3. The second-order valence-electron chi connectivity index (χ2n) is 8.45. The average molecular weight is 525 g/mol. The van der Waals surface area contributed by atoms with E-state index in [0.29, 0.717) is 43.1 Å². The number of hydroxylamine groups is 2. The lowest BCUT2D eigenvalue weighted by Crippen LogP contribution is -2.36. The SMILES string of the molecule is CC.COc1ccc(COc2c(F)cc(C(=O)NCC3CCC(C(=O)N(C)OC)CC3)c(F)c2F)cc1. The van der Waals surface area contributed by atoms with Gasteiger partial charge in [0.2, 0.25) is 11.7 Å². The van der Waals surface area contributed by atoms with Crippen molar-refractivity contribution >= 4 is 11.8 Å².